The quantitative estimate of drug-likeness (QED) is 0.558. The Hall–Kier alpha value is -1.07. The fourth-order valence-corrected chi connectivity index (χ4v) is 4.08. The molecular formula is C19H34N4S. The van der Waals surface area contributed by atoms with Gasteiger partial charge >= 0.3 is 0 Å². The molecule has 0 spiro atoms. The summed E-state index contributed by atoms with van der Waals surface area (Å²) in [6, 6.07) is 4.91. The number of hydrogen-bond donors (Lipinski definition) is 2. The number of thiophene rings is 1. The van der Waals surface area contributed by atoms with Crippen LogP contribution in [0.3, 0.4) is 0 Å². The highest BCUT2D eigenvalue weighted by Gasteiger charge is 2.19. The van der Waals surface area contributed by atoms with E-state index in [1.165, 1.54) is 43.8 Å². The van der Waals surface area contributed by atoms with Crippen molar-refractivity contribution in [2.75, 3.05) is 32.7 Å². The van der Waals surface area contributed by atoms with Gasteiger partial charge in [0, 0.05) is 37.1 Å². The van der Waals surface area contributed by atoms with Crippen LogP contribution in [0.25, 0.3) is 0 Å². The molecule has 2 rings (SSSR count). The lowest BCUT2D eigenvalue weighted by Gasteiger charge is -2.32. The monoisotopic (exact) mass is 350 g/mol. The van der Waals surface area contributed by atoms with Crippen LogP contribution < -0.4 is 10.6 Å². The lowest BCUT2D eigenvalue weighted by atomic mass is 10.1. The van der Waals surface area contributed by atoms with E-state index in [0.29, 0.717) is 12.0 Å². The van der Waals surface area contributed by atoms with E-state index in [0.717, 1.165) is 25.5 Å². The zero-order chi connectivity index (χ0) is 17.2. The molecular weight excluding hydrogens is 316 g/mol. The number of hydrogen-bond acceptors (Lipinski definition) is 3. The number of aliphatic imine (C=N–C) groups is 1. The maximum atomic E-state index is 4.83. The van der Waals surface area contributed by atoms with Crippen molar-refractivity contribution >= 4 is 17.3 Å². The summed E-state index contributed by atoms with van der Waals surface area (Å²) in [6.07, 6.45) is 4.81. The van der Waals surface area contributed by atoms with Crippen LogP contribution in [0, 0.1) is 5.92 Å². The van der Waals surface area contributed by atoms with E-state index in [1.54, 1.807) is 0 Å². The molecule has 2 heterocycles. The van der Waals surface area contributed by atoms with Gasteiger partial charge in [-0.1, -0.05) is 19.9 Å². The third-order valence-corrected chi connectivity index (χ3v) is 5.40. The summed E-state index contributed by atoms with van der Waals surface area (Å²) in [4.78, 5) is 8.86. The van der Waals surface area contributed by atoms with Gasteiger partial charge in [-0.2, -0.15) is 0 Å². The predicted octanol–water partition coefficient (Wildman–Crippen LogP) is 3.36. The summed E-state index contributed by atoms with van der Waals surface area (Å²) in [6.45, 7) is 12.1. The van der Waals surface area contributed by atoms with Crippen molar-refractivity contribution in [3.63, 3.8) is 0 Å². The highest BCUT2D eigenvalue weighted by atomic mass is 32.1. The summed E-state index contributed by atoms with van der Waals surface area (Å²) in [7, 11) is 0. The van der Waals surface area contributed by atoms with E-state index in [4.69, 9.17) is 4.99 Å². The molecule has 0 amide bonds. The third-order valence-electron chi connectivity index (χ3n) is 4.50. The van der Waals surface area contributed by atoms with Gasteiger partial charge in [0.05, 0.1) is 0 Å². The smallest absolute Gasteiger partial charge is 0.191 e. The Kier molecular flexibility index (Phi) is 8.60. The summed E-state index contributed by atoms with van der Waals surface area (Å²) in [5, 5.41) is 9.21. The van der Waals surface area contributed by atoms with Gasteiger partial charge in [0.15, 0.2) is 5.96 Å². The fourth-order valence-electron chi connectivity index (χ4n) is 3.21. The van der Waals surface area contributed by atoms with E-state index in [1.807, 2.05) is 11.3 Å². The maximum Gasteiger partial charge on any atom is 0.191 e. The van der Waals surface area contributed by atoms with Crippen LogP contribution in [0.5, 0.6) is 0 Å². The fraction of sp³-hybridized carbons (Fsp3) is 0.737. The number of likely N-dealkylation sites (tertiary alicyclic amines) is 1. The number of rotatable bonds is 8. The molecule has 24 heavy (non-hydrogen) atoms. The van der Waals surface area contributed by atoms with Gasteiger partial charge in [-0.3, -0.25) is 4.99 Å². The largest absolute Gasteiger partial charge is 0.357 e. The SMILES string of the molecule is CCCN1CCC(NC(=NCC(C)Cc2cccs2)NCC)CC1. The van der Waals surface area contributed by atoms with Crippen molar-refractivity contribution < 1.29 is 0 Å². The number of guanidine groups is 1. The molecule has 1 fully saturated rings. The molecule has 1 atom stereocenters. The van der Waals surface area contributed by atoms with Crippen LogP contribution in [-0.2, 0) is 6.42 Å². The zero-order valence-electron chi connectivity index (χ0n) is 15.6. The van der Waals surface area contributed by atoms with Crippen LogP contribution in [0.4, 0.5) is 0 Å². The van der Waals surface area contributed by atoms with Crippen molar-refractivity contribution in [3.05, 3.63) is 22.4 Å². The Morgan fingerprint density at radius 1 is 1.38 bits per heavy atom. The van der Waals surface area contributed by atoms with E-state index >= 15 is 0 Å². The number of piperidine rings is 1. The Morgan fingerprint density at radius 3 is 2.79 bits per heavy atom. The molecule has 1 aromatic rings. The van der Waals surface area contributed by atoms with Crippen LogP contribution in [0.2, 0.25) is 0 Å². The molecule has 1 aromatic heterocycles. The molecule has 0 aliphatic carbocycles. The highest BCUT2D eigenvalue weighted by molar-refractivity contribution is 7.09. The minimum atomic E-state index is 0.559. The van der Waals surface area contributed by atoms with Gasteiger partial charge in [0.25, 0.3) is 0 Å². The molecule has 1 unspecified atom stereocenters. The molecule has 2 N–H and O–H groups in total. The Balaban J connectivity index is 1.78. The molecule has 0 saturated carbocycles. The first kappa shape index (κ1) is 19.3. The predicted molar refractivity (Wildman–Crippen MR) is 106 cm³/mol. The van der Waals surface area contributed by atoms with Crippen molar-refractivity contribution in [2.45, 2.75) is 52.5 Å². The van der Waals surface area contributed by atoms with E-state index in [2.05, 4.69) is 53.8 Å². The molecule has 0 bridgehead atoms. The molecule has 136 valence electrons. The lowest BCUT2D eigenvalue weighted by Crippen LogP contribution is -2.48. The van der Waals surface area contributed by atoms with Crippen molar-refractivity contribution in [2.24, 2.45) is 10.9 Å². The van der Waals surface area contributed by atoms with Gasteiger partial charge < -0.3 is 15.5 Å². The van der Waals surface area contributed by atoms with Gasteiger partial charge in [-0.25, -0.2) is 0 Å². The number of nitrogens with one attached hydrogen (secondary N) is 2. The van der Waals surface area contributed by atoms with E-state index < -0.39 is 0 Å². The average Bonchev–Trinajstić information content (AvgIpc) is 3.08. The Bertz CT molecular complexity index is 464. The average molecular weight is 351 g/mol. The highest BCUT2D eigenvalue weighted by Crippen LogP contribution is 2.15. The summed E-state index contributed by atoms with van der Waals surface area (Å²) in [5.41, 5.74) is 0. The minimum Gasteiger partial charge on any atom is -0.357 e. The summed E-state index contributed by atoms with van der Waals surface area (Å²) >= 11 is 1.84. The second kappa shape index (κ2) is 10.7. The van der Waals surface area contributed by atoms with Crippen LogP contribution >= 0.6 is 11.3 Å². The molecule has 0 radical (unpaired) electrons. The molecule has 0 aromatic carbocycles. The molecule has 1 saturated heterocycles. The van der Waals surface area contributed by atoms with Crippen LogP contribution in [0.15, 0.2) is 22.5 Å². The Morgan fingerprint density at radius 2 is 2.17 bits per heavy atom. The molecule has 4 nitrogen and oxygen atoms in total. The maximum absolute atomic E-state index is 4.83. The van der Waals surface area contributed by atoms with Gasteiger partial charge in [-0.15, -0.1) is 11.3 Å². The second-order valence-electron chi connectivity index (χ2n) is 6.87. The van der Waals surface area contributed by atoms with E-state index in [9.17, 15) is 0 Å². The topological polar surface area (TPSA) is 39.7 Å². The van der Waals surface area contributed by atoms with Gasteiger partial charge in [-0.05, 0) is 56.5 Å². The molecule has 5 heteroatoms. The van der Waals surface area contributed by atoms with Gasteiger partial charge in [0.1, 0.15) is 0 Å². The molecule has 1 aliphatic heterocycles. The summed E-state index contributed by atoms with van der Waals surface area (Å²) in [5.74, 6) is 1.56. The summed E-state index contributed by atoms with van der Waals surface area (Å²) < 4.78 is 0. The van der Waals surface area contributed by atoms with Crippen molar-refractivity contribution in [1.82, 2.24) is 15.5 Å². The first-order valence-corrected chi connectivity index (χ1v) is 10.4. The van der Waals surface area contributed by atoms with Crippen molar-refractivity contribution in [3.8, 4) is 0 Å². The second-order valence-corrected chi connectivity index (χ2v) is 7.90. The minimum absolute atomic E-state index is 0.559. The lowest BCUT2D eigenvalue weighted by molar-refractivity contribution is 0.206. The molecule has 1 aliphatic rings. The first-order chi connectivity index (χ1) is 11.7. The van der Waals surface area contributed by atoms with Gasteiger partial charge in [0.2, 0.25) is 0 Å². The third kappa shape index (κ3) is 6.81. The van der Waals surface area contributed by atoms with E-state index in [-0.39, 0.29) is 0 Å². The first-order valence-electron chi connectivity index (χ1n) is 9.50. The standard InChI is InChI=1S/C19H34N4S/c1-4-10-23-11-8-17(9-12-23)22-19(20-5-2)21-15-16(3)14-18-7-6-13-24-18/h6-7,13,16-17H,4-5,8-12,14-15H2,1-3H3,(H2,20,21,22). The zero-order valence-corrected chi connectivity index (χ0v) is 16.4. The normalized spacial score (nSPS) is 18.5. The number of nitrogens with zero attached hydrogens (tertiary/aromatic N) is 2. The van der Waals surface area contributed by atoms with Crippen molar-refractivity contribution in [1.29, 1.82) is 0 Å². The van der Waals surface area contributed by atoms with Crippen LogP contribution in [0.1, 0.15) is 44.9 Å². The Labute approximate surface area is 151 Å². The van der Waals surface area contributed by atoms with Crippen LogP contribution in [-0.4, -0.2) is 49.6 Å².